The first-order valence-electron chi connectivity index (χ1n) is 7.65. The number of aryl methyl sites for hydroxylation is 1. The van der Waals surface area contributed by atoms with Gasteiger partial charge in [-0.25, -0.2) is 4.99 Å². The predicted octanol–water partition coefficient (Wildman–Crippen LogP) is 2.56. The molecule has 1 aliphatic heterocycles. The number of aliphatic imine (C=N–C) groups is 1. The molecule has 0 saturated carbocycles. The summed E-state index contributed by atoms with van der Waals surface area (Å²) < 4.78 is 41.1. The molecule has 5 nitrogen and oxygen atoms in total. The highest BCUT2D eigenvalue weighted by Gasteiger charge is 2.65. The van der Waals surface area contributed by atoms with E-state index in [2.05, 4.69) is 10.3 Å². The van der Waals surface area contributed by atoms with Crippen molar-refractivity contribution in [2.24, 2.45) is 4.99 Å². The summed E-state index contributed by atoms with van der Waals surface area (Å²) in [7, 11) is 0. The van der Waals surface area contributed by atoms with Gasteiger partial charge in [0, 0.05) is 11.1 Å². The molecule has 2 amide bonds. The maximum absolute atomic E-state index is 13.7. The topological polar surface area (TPSA) is 70.6 Å². The van der Waals surface area contributed by atoms with E-state index in [-0.39, 0.29) is 11.4 Å². The number of amides is 2. The van der Waals surface area contributed by atoms with E-state index in [1.165, 1.54) is 24.3 Å². The Bertz CT molecular complexity index is 877. The van der Waals surface area contributed by atoms with Crippen LogP contribution in [0, 0.1) is 6.92 Å². The molecule has 1 atom stereocenters. The third-order valence-corrected chi connectivity index (χ3v) is 3.91. The van der Waals surface area contributed by atoms with E-state index in [1.54, 1.807) is 35.6 Å². The van der Waals surface area contributed by atoms with Crippen LogP contribution in [-0.2, 0) is 4.79 Å². The van der Waals surface area contributed by atoms with Crippen LogP contribution in [-0.4, -0.2) is 29.5 Å². The van der Waals surface area contributed by atoms with Gasteiger partial charge >= 0.3 is 11.8 Å². The molecule has 1 aliphatic rings. The number of amidine groups is 1. The molecule has 2 aromatic carbocycles. The highest BCUT2D eigenvalue weighted by atomic mass is 19.4. The molecular formula is C18H14F3N3O2. The second-order valence-corrected chi connectivity index (χ2v) is 5.81. The van der Waals surface area contributed by atoms with Gasteiger partial charge in [-0.15, -0.1) is 0 Å². The molecule has 0 spiro atoms. The quantitative estimate of drug-likeness (QED) is 0.882. The van der Waals surface area contributed by atoms with E-state index in [1.807, 2.05) is 6.92 Å². The van der Waals surface area contributed by atoms with Crippen molar-refractivity contribution in [2.75, 3.05) is 0 Å². The van der Waals surface area contributed by atoms with Crippen molar-refractivity contribution in [3.63, 3.8) is 0 Å². The lowest BCUT2D eigenvalue weighted by Gasteiger charge is -2.27. The van der Waals surface area contributed by atoms with Gasteiger partial charge < -0.3 is 10.6 Å². The fourth-order valence-corrected chi connectivity index (χ4v) is 2.47. The predicted molar refractivity (Wildman–Crippen MR) is 88.6 cm³/mol. The average Bonchev–Trinajstić information content (AvgIpc) is 2.94. The van der Waals surface area contributed by atoms with Crippen LogP contribution < -0.4 is 10.6 Å². The van der Waals surface area contributed by atoms with E-state index >= 15 is 0 Å². The first-order chi connectivity index (χ1) is 12.2. The summed E-state index contributed by atoms with van der Waals surface area (Å²) in [6.07, 6.45) is -5.12. The maximum atomic E-state index is 13.7. The minimum Gasteiger partial charge on any atom is -0.312 e. The van der Waals surface area contributed by atoms with Crippen LogP contribution in [0.15, 0.2) is 59.6 Å². The number of hydrogen-bond donors (Lipinski definition) is 2. The number of nitrogens with zero attached hydrogens (tertiary/aromatic N) is 1. The number of carbonyl (C=O) groups is 2. The van der Waals surface area contributed by atoms with Crippen molar-refractivity contribution in [1.82, 2.24) is 10.6 Å². The van der Waals surface area contributed by atoms with Crippen LogP contribution >= 0.6 is 0 Å². The second-order valence-electron chi connectivity index (χ2n) is 5.81. The van der Waals surface area contributed by atoms with Crippen LogP contribution in [0.4, 0.5) is 13.2 Å². The summed E-state index contributed by atoms with van der Waals surface area (Å²) in [5, 5.41) is 3.87. The Hall–Kier alpha value is -3.16. The number of halogens is 3. The van der Waals surface area contributed by atoms with Gasteiger partial charge in [-0.2, -0.15) is 13.2 Å². The second kappa shape index (κ2) is 6.29. The Morgan fingerprint density at radius 1 is 1.08 bits per heavy atom. The van der Waals surface area contributed by atoms with E-state index in [9.17, 15) is 22.8 Å². The van der Waals surface area contributed by atoms with Crippen LogP contribution in [0.2, 0.25) is 0 Å². The lowest BCUT2D eigenvalue weighted by Crippen LogP contribution is -2.63. The Morgan fingerprint density at radius 2 is 1.69 bits per heavy atom. The molecule has 2 N–H and O–H groups in total. The zero-order valence-corrected chi connectivity index (χ0v) is 13.6. The normalized spacial score (nSPS) is 19.7. The summed E-state index contributed by atoms with van der Waals surface area (Å²) in [6.45, 7) is 1.82. The molecule has 0 saturated heterocycles. The Balaban J connectivity index is 2.01. The fraction of sp³-hybridized carbons (Fsp3) is 0.167. The largest absolute Gasteiger partial charge is 0.442 e. The molecule has 3 rings (SSSR count). The minimum absolute atomic E-state index is 0.0112. The molecule has 0 fully saturated rings. The molecule has 0 radical (unpaired) electrons. The first-order valence-corrected chi connectivity index (χ1v) is 7.65. The van der Waals surface area contributed by atoms with Crippen LogP contribution in [0.25, 0.3) is 0 Å². The molecule has 8 heteroatoms. The molecule has 2 aromatic rings. The lowest BCUT2D eigenvalue weighted by molar-refractivity contribution is -0.192. The first kappa shape index (κ1) is 17.7. The van der Waals surface area contributed by atoms with Gasteiger partial charge in [0.25, 0.3) is 11.8 Å². The Morgan fingerprint density at radius 3 is 2.27 bits per heavy atom. The SMILES string of the molecule is Cc1ccc(C2=N[C@@](NC(=O)c3ccccc3)(C(F)(F)F)C(=O)N2)cc1. The number of hydrogen-bond acceptors (Lipinski definition) is 3. The summed E-state index contributed by atoms with van der Waals surface area (Å²) >= 11 is 0. The third-order valence-electron chi connectivity index (χ3n) is 3.91. The van der Waals surface area contributed by atoms with Gasteiger partial charge in [0.1, 0.15) is 5.84 Å². The van der Waals surface area contributed by atoms with Crippen molar-refractivity contribution in [3.8, 4) is 0 Å². The molecule has 0 unspecified atom stereocenters. The van der Waals surface area contributed by atoms with Crippen molar-refractivity contribution in [3.05, 3.63) is 71.3 Å². The number of nitrogens with one attached hydrogen (secondary N) is 2. The van der Waals surface area contributed by atoms with E-state index in [0.29, 0.717) is 5.56 Å². The van der Waals surface area contributed by atoms with Gasteiger partial charge in [-0.3, -0.25) is 9.59 Å². The monoisotopic (exact) mass is 361 g/mol. The fourth-order valence-electron chi connectivity index (χ4n) is 2.47. The molecule has 134 valence electrons. The summed E-state index contributed by atoms with van der Waals surface area (Å²) in [5.74, 6) is -2.75. The average molecular weight is 361 g/mol. The summed E-state index contributed by atoms with van der Waals surface area (Å²) in [5.41, 5.74) is -2.18. The van der Waals surface area contributed by atoms with E-state index in [4.69, 9.17) is 0 Å². The van der Waals surface area contributed by atoms with E-state index in [0.717, 1.165) is 5.56 Å². The molecular weight excluding hydrogens is 347 g/mol. The molecule has 26 heavy (non-hydrogen) atoms. The third kappa shape index (κ3) is 3.05. The maximum Gasteiger partial charge on any atom is 0.442 e. The van der Waals surface area contributed by atoms with Crippen LogP contribution in [0.1, 0.15) is 21.5 Å². The lowest BCUT2D eigenvalue weighted by atomic mass is 10.1. The summed E-state index contributed by atoms with van der Waals surface area (Å²) in [6, 6.07) is 13.8. The minimum atomic E-state index is -5.12. The van der Waals surface area contributed by atoms with Gasteiger partial charge in [0.05, 0.1) is 0 Å². The van der Waals surface area contributed by atoms with Gasteiger partial charge in [-0.1, -0.05) is 48.0 Å². The highest BCUT2D eigenvalue weighted by Crippen LogP contribution is 2.35. The van der Waals surface area contributed by atoms with Crippen LogP contribution in [0.5, 0.6) is 0 Å². The molecule has 0 aromatic heterocycles. The molecule has 1 heterocycles. The number of rotatable bonds is 3. The number of benzene rings is 2. The zero-order valence-electron chi connectivity index (χ0n) is 13.6. The molecule has 0 bridgehead atoms. The van der Waals surface area contributed by atoms with Crippen molar-refractivity contribution >= 4 is 17.6 Å². The molecule has 0 aliphatic carbocycles. The van der Waals surface area contributed by atoms with Crippen LogP contribution in [0.3, 0.4) is 0 Å². The van der Waals surface area contributed by atoms with Gasteiger partial charge in [0.15, 0.2) is 0 Å². The van der Waals surface area contributed by atoms with E-state index < -0.39 is 23.7 Å². The van der Waals surface area contributed by atoms with Crippen molar-refractivity contribution < 1.29 is 22.8 Å². The van der Waals surface area contributed by atoms with Gasteiger partial charge in [0.2, 0.25) is 0 Å². The number of alkyl halides is 3. The number of carbonyl (C=O) groups excluding carboxylic acids is 2. The smallest absolute Gasteiger partial charge is 0.312 e. The highest BCUT2D eigenvalue weighted by molar-refractivity contribution is 6.16. The Labute approximate surface area is 146 Å². The zero-order chi connectivity index (χ0) is 18.9. The summed E-state index contributed by atoms with van der Waals surface area (Å²) in [4.78, 5) is 28.0. The van der Waals surface area contributed by atoms with Crippen molar-refractivity contribution in [2.45, 2.75) is 18.8 Å². The van der Waals surface area contributed by atoms with Crippen molar-refractivity contribution in [1.29, 1.82) is 0 Å². The Kier molecular flexibility index (Phi) is 4.27. The van der Waals surface area contributed by atoms with Gasteiger partial charge in [-0.05, 0) is 19.1 Å². The standard InChI is InChI=1S/C18H14F3N3O2/c1-11-7-9-12(10-8-11)14-22-16(26)17(23-14,18(19,20)21)24-15(25)13-5-3-2-4-6-13/h2-10H,1H3,(H,24,25)(H,22,23,26)/t17-/m0/s1.